The number of hydrogen-bond acceptors (Lipinski definition) is 5. The van der Waals surface area contributed by atoms with Crippen molar-refractivity contribution >= 4 is 40.0 Å². The average Bonchev–Trinajstić information content (AvgIpc) is 3.02. The minimum Gasteiger partial charge on any atom is -0.465 e. The van der Waals surface area contributed by atoms with E-state index in [0.717, 1.165) is 15.1 Å². The number of fused-ring (bicyclic) bond motifs is 1. The molecule has 0 radical (unpaired) electrons. The van der Waals surface area contributed by atoms with Crippen molar-refractivity contribution in [1.29, 1.82) is 0 Å². The maximum Gasteiger partial charge on any atom is 0.322 e. The number of hydrogen-bond donors (Lipinski definition) is 0. The van der Waals surface area contributed by atoms with Crippen LogP contribution in [0.5, 0.6) is 0 Å². The summed E-state index contributed by atoms with van der Waals surface area (Å²) < 4.78 is 5.67. The van der Waals surface area contributed by atoms with Crippen LogP contribution in [0.15, 0.2) is 52.9 Å². The van der Waals surface area contributed by atoms with Crippen molar-refractivity contribution in [2.75, 3.05) is 6.61 Å². The molecule has 0 atom stereocenters. The van der Waals surface area contributed by atoms with E-state index in [2.05, 4.69) is 23.2 Å². The zero-order valence-electron chi connectivity index (χ0n) is 13.9. The van der Waals surface area contributed by atoms with Crippen LogP contribution in [-0.2, 0) is 9.53 Å². The van der Waals surface area contributed by atoms with Crippen molar-refractivity contribution in [2.24, 2.45) is 0 Å². The van der Waals surface area contributed by atoms with Crippen LogP contribution in [0.4, 0.5) is 0 Å². The van der Waals surface area contributed by atoms with Gasteiger partial charge in [-0.25, -0.2) is 0 Å². The fourth-order valence-electron chi connectivity index (χ4n) is 2.43. The molecule has 0 saturated carbocycles. The highest BCUT2D eigenvalue weighted by atomic mass is 32.2. The first kappa shape index (κ1) is 17.0. The molecule has 2 aromatic heterocycles. The Morgan fingerprint density at radius 3 is 2.79 bits per heavy atom. The molecule has 0 amide bonds. The summed E-state index contributed by atoms with van der Waals surface area (Å²) in [5.74, 6) is -0.181. The van der Waals surface area contributed by atoms with E-state index in [4.69, 9.17) is 4.74 Å². The topological polar surface area (TPSA) is 39.2 Å². The summed E-state index contributed by atoms with van der Waals surface area (Å²) in [6.45, 7) is 6.03. The van der Waals surface area contributed by atoms with Crippen LogP contribution in [0, 0.1) is 0 Å². The van der Waals surface area contributed by atoms with E-state index in [-0.39, 0.29) is 5.97 Å². The average molecular weight is 358 g/mol. The van der Waals surface area contributed by atoms with Gasteiger partial charge in [-0.2, -0.15) is 0 Å². The third-order valence-corrected chi connectivity index (χ3v) is 6.05. The highest BCUT2D eigenvalue weighted by molar-refractivity contribution is 8.03. The van der Waals surface area contributed by atoms with Gasteiger partial charge in [0, 0.05) is 22.0 Å². The molecule has 0 aliphatic rings. The van der Waals surface area contributed by atoms with Crippen molar-refractivity contribution in [3.63, 3.8) is 0 Å². The molecule has 0 unspecified atom stereocenters. The first-order valence-corrected chi connectivity index (χ1v) is 9.45. The normalized spacial score (nSPS) is 11.6. The molecular formula is C19H19NO2S2. The van der Waals surface area contributed by atoms with Gasteiger partial charge in [0.15, 0.2) is 0 Å². The summed E-state index contributed by atoms with van der Waals surface area (Å²) >= 11 is 3.23. The summed E-state index contributed by atoms with van der Waals surface area (Å²) in [5, 5.41) is 1.14. The van der Waals surface area contributed by atoms with Crippen molar-refractivity contribution in [2.45, 2.75) is 29.7 Å². The minimum atomic E-state index is -0.599. The predicted molar refractivity (Wildman–Crippen MR) is 102 cm³/mol. The van der Waals surface area contributed by atoms with Crippen LogP contribution in [0.25, 0.3) is 21.3 Å². The van der Waals surface area contributed by atoms with Gasteiger partial charge in [0.1, 0.15) is 4.75 Å². The Kier molecular flexibility index (Phi) is 4.92. The minimum absolute atomic E-state index is 0.181. The molecule has 24 heavy (non-hydrogen) atoms. The lowest BCUT2D eigenvalue weighted by Crippen LogP contribution is -2.29. The Balaban J connectivity index is 1.89. The lowest BCUT2D eigenvalue weighted by Gasteiger charge is -2.20. The molecular weight excluding hydrogens is 338 g/mol. The number of thioether (sulfide) groups is 1. The van der Waals surface area contributed by atoms with E-state index >= 15 is 0 Å². The smallest absolute Gasteiger partial charge is 0.322 e. The number of para-hydroxylation sites is 1. The third-order valence-electron chi connectivity index (χ3n) is 3.62. The summed E-state index contributed by atoms with van der Waals surface area (Å²) in [7, 11) is 0. The number of carbonyl (C=O) groups excluding carboxylic acids is 1. The molecule has 0 aliphatic heterocycles. The molecule has 3 aromatic rings. The highest BCUT2D eigenvalue weighted by Gasteiger charge is 2.31. The van der Waals surface area contributed by atoms with Gasteiger partial charge in [0.2, 0.25) is 0 Å². The Morgan fingerprint density at radius 1 is 1.21 bits per heavy atom. The Labute approximate surface area is 150 Å². The highest BCUT2D eigenvalue weighted by Crippen LogP contribution is 2.41. The molecule has 0 bridgehead atoms. The second-order valence-corrected chi connectivity index (χ2v) is 8.83. The number of carbonyl (C=O) groups is 1. The van der Waals surface area contributed by atoms with Crippen LogP contribution >= 0.6 is 23.1 Å². The second-order valence-electron chi connectivity index (χ2n) is 5.83. The molecule has 3 rings (SSSR count). The number of ether oxygens (including phenoxy) is 1. The van der Waals surface area contributed by atoms with Crippen molar-refractivity contribution in [3.05, 3.63) is 48.7 Å². The molecule has 0 N–H and O–H groups in total. The maximum atomic E-state index is 12.1. The maximum absolute atomic E-state index is 12.1. The van der Waals surface area contributed by atoms with Crippen LogP contribution in [0.3, 0.4) is 0 Å². The number of benzene rings is 1. The van der Waals surface area contributed by atoms with Gasteiger partial charge in [0.05, 0.1) is 16.3 Å². The first-order valence-electron chi connectivity index (χ1n) is 7.81. The van der Waals surface area contributed by atoms with E-state index in [9.17, 15) is 4.79 Å². The van der Waals surface area contributed by atoms with Gasteiger partial charge in [-0.05, 0) is 45.0 Å². The summed E-state index contributed by atoms with van der Waals surface area (Å²) in [4.78, 5) is 17.7. The quantitative estimate of drug-likeness (QED) is 0.453. The molecule has 124 valence electrons. The molecule has 0 aliphatic carbocycles. The Hall–Kier alpha value is -1.85. The Morgan fingerprint density at radius 2 is 2.00 bits per heavy atom. The fraction of sp³-hybridized carbons (Fsp3) is 0.263. The van der Waals surface area contributed by atoms with E-state index in [1.54, 1.807) is 23.1 Å². The van der Waals surface area contributed by atoms with Gasteiger partial charge in [-0.15, -0.1) is 11.3 Å². The van der Waals surface area contributed by atoms with E-state index < -0.39 is 4.75 Å². The molecule has 5 heteroatoms. The van der Waals surface area contributed by atoms with E-state index in [1.807, 2.05) is 51.2 Å². The fourth-order valence-corrected chi connectivity index (χ4v) is 5.05. The van der Waals surface area contributed by atoms with Gasteiger partial charge in [-0.3, -0.25) is 9.78 Å². The van der Waals surface area contributed by atoms with Gasteiger partial charge in [0.25, 0.3) is 0 Å². The lowest BCUT2D eigenvalue weighted by molar-refractivity contribution is -0.145. The molecule has 3 nitrogen and oxygen atoms in total. The van der Waals surface area contributed by atoms with Crippen LogP contribution in [0.2, 0.25) is 0 Å². The number of pyridine rings is 1. The zero-order valence-corrected chi connectivity index (χ0v) is 15.5. The van der Waals surface area contributed by atoms with Gasteiger partial charge in [-0.1, -0.05) is 30.0 Å². The van der Waals surface area contributed by atoms with E-state index in [1.165, 1.54) is 10.4 Å². The van der Waals surface area contributed by atoms with Crippen molar-refractivity contribution in [3.8, 4) is 10.4 Å². The summed E-state index contributed by atoms with van der Waals surface area (Å²) in [5.41, 5.74) is 2.16. The molecule has 1 aromatic carbocycles. The first-order chi connectivity index (χ1) is 11.5. The van der Waals surface area contributed by atoms with E-state index in [0.29, 0.717) is 6.61 Å². The lowest BCUT2D eigenvalue weighted by atomic mass is 10.1. The predicted octanol–water partition coefficient (Wildman–Crippen LogP) is 5.40. The van der Waals surface area contributed by atoms with Crippen molar-refractivity contribution in [1.82, 2.24) is 4.98 Å². The monoisotopic (exact) mass is 357 g/mol. The largest absolute Gasteiger partial charge is 0.465 e. The SMILES string of the molecule is CCOC(=O)C(C)(C)Sc1ccc(-c2ccnc3ccccc23)s1. The van der Waals surface area contributed by atoms with Crippen molar-refractivity contribution < 1.29 is 9.53 Å². The van der Waals surface area contributed by atoms with Crippen LogP contribution < -0.4 is 0 Å². The van der Waals surface area contributed by atoms with Crippen LogP contribution in [0.1, 0.15) is 20.8 Å². The number of aromatic nitrogens is 1. The standard InChI is InChI=1S/C19H19NO2S2/c1-4-22-18(21)19(2,3)24-17-10-9-16(23-17)14-11-12-20-15-8-6-5-7-13(14)15/h5-12H,4H2,1-3H3. The van der Waals surface area contributed by atoms with Gasteiger partial charge < -0.3 is 4.74 Å². The number of thiophene rings is 1. The molecule has 2 heterocycles. The molecule has 0 fully saturated rings. The number of nitrogens with zero attached hydrogens (tertiary/aromatic N) is 1. The summed E-state index contributed by atoms with van der Waals surface area (Å²) in [6, 6.07) is 14.4. The molecule has 0 saturated heterocycles. The number of rotatable bonds is 5. The van der Waals surface area contributed by atoms with Gasteiger partial charge >= 0.3 is 5.97 Å². The Bertz CT molecular complexity index is 865. The summed E-state index contributed by atoms with van der Waals surface area (Å²) in [6.07, 6.45) is 1.84. The number of esters is 1. The second kappa shape index (κ2) is 6.95. The third kappa shape index (κ3) is 3.47. The zero-order chi connectivity index (χ0) is 17.2. The van der Waals surface area contributed by atoms with Crippen LogP contribution in [-0.4, -0.2) is 22.3 Å². The molecule has 0 spiro atoms.